The highest BCUT2D eigenvalue weighted by atomic mass is 16.2. The van der Waals surface area contributed by atoms with Gasteiger partial charge in [0, 0.05) is 25.8 Å². The largest absolute Gasteiger partial charge is 0.373 e. The number of hydrogen-bond donors (Lipinski definition) is 4. The van der Waals surface area contributed by atoms with Crippen molar-refractivity contribution in [3.05, 3.63) is 41.6 Å². The van der Waals surface area contributed by atoms with Gasteiger partial charge in [-0.25, -0.2) is 9.78 Å². The Labute approximate surface area is 145 Å². The fraction of sp³-hybridized carbons (Fsp3) is 0.235. The van der Waals surface area contributed by atoms with E-state index in [1.807, 2.05) is 13.1 Å². The van der Waals surface area contributed by atoms with E-state index in [2.05, 4.69) is 63.4 Å². The summed E-state index contributed by atoms with van der Waals surface area (Å²) in [5.74, 6) is 1.41. The van der Waals surface area contributed by atoms with Gasteiger partial charge in [0.1, 0.15) is 17.3 Å². The summed E-state index contributed by atoms with van der Waals surface area (Å²) in [5, 5.41) is 15.9. The van der Waals surface area contributed by atoms with Gasteiger partial charge in [0.15, 0.2) is 5.65 Å². The number of anilines is 4. The maximum Gasteiger partial charge on any atom is 0.319 e. The lowest BCUT2D eigenvalue weighted by Crippen LogP contribution is -2.24. The quantitative estimate of drug-likeness (QED) is 0.586. The van der Waals surface area contributed by atoms with Gasteiger partial charge >= 0.3 is 6.03 Å². The van der Waals surface area contributed by atoms with Gasteiger partial charge in [0.25, 0.3) is 0 Å². The van der Waals surface area contributed by atoms with Gasteiger partial charge < -0.3 is 21.3 Å². The summed E-state index contributed by atoms with van der Waals surface area (Å²) in [7, 11) is 3.36. The van der Waals surface area contributed by atoms with Crippen LogP contribution in [0.3, 0.4) is 0 Å². The lowest BCUT2D eigenvalue weighted by atomic mass is 10.1. The Morgan fingerprint density at radius 2 is 1.80 bits per heavy atom. The number of nitrogens with zero attached hydrogens (tertiary/aromatic N) is 3. The summed E-state index contributed by atoms with van der Waals surface area (Å²) in [6.45, 7) is 4.10. The molecule has 0 fully saturated rings. The van der Waals surface area contributed by atoms with E-state index in [1.54, 1.807) is 17.8 Å². The van der Waals surface area contributed by atoms with E-state index in [4.69, 9.17) is 0 Å². The molecule has 0 aliphatic heterocycles. The Morgan fingerprint density at radius 3 is 2.44 bits per heavy atom. The first-order valence-corrected chi connectivity index (χ1v) is 7.90. The van der Waals surface area contributed by atoms with E-state index in [9.17, 15) is 4.79 Å². The summed E-state index contributed by atoms with van der Waals surface area (Å²) in [4.78, 5) is 16.2. The fourth-order valence-electron chi connectivity index (χ4n) is 2.67. The zero-order chi connectivity index (χ0) is 18.0. The number of carbonyl (C=O) groups is 1. The monoisotopic (exact) mass is 339 g/mol. The maximum absolute atomic E-state index is 11.6. The van der Waals surface area contributed by atoms with Crippen molar-refractivity contribution < 1.29 is 4.79 Å². The van der Waals surface area contributed by atoms with Crippen LogP contribution in [0.4, 0.5) is 27.8 Å². The van der Waals surface area contributed by atoms with Crippen LogP contribution in [0.1, 0.15) is 11.1 Å². The first-order valence-electron chi connectivity index (χ1n) is 7.90. The Morgan fingerprint density at radius 1 is 1.08 bits per heavy atom. The zero-order valence-electron chi connectivity index (χ0n) is 14.6. The molecular weight excluding hydrogens is 318 g/mol. The van der Waals surface area contributed by atoms with Gasteiger partial charge in [0.2, 0.25) is 0 Å². The van der Waals surface area contributed by atoms with Crippen molar-refractivity contribution in [1.82, 2.24) is 19.9 Å². The predicted octanol–water partition coefficient (Wildman–Crippen LogP) is 2.88. The number of carbonyl (C=O) groups excluding carboxylic acids is 1. The Kier molecular flexibility index (Phi) is 4.42. The molecule has 0 radical (unpaired) electrons. The minimum atomic E-state index is -0.324. The molecule has 2 heterocycles. The third-order valence-electron chi connectivity index (χ3n) is 3.70. The second-order valence-electron chi connectivity index (χ2n) is 5.78. The third kappa shape index (κ3) is 3.47. The van der Waals surface area contributed by atoms with Crippen molar-refractivity contribution in [3.8, 4) is 0 Å². The molecule has 3 rings (SSSR count). The van der Waals surface area contributed by atoms with Gasteiger partial charge in [-0.05, 0) is 37.1 Å². The zero-order valence-corrected chi connectivity index (χ0v) is 14.6. The predicted molar refractivity (Wildman–Crippen MR) is 99.8 cm³/mol. The summed E-state index contributed by atoms with van der Waals surface area (Å²) in [6.07, 6.45) is 1.57. The molecule has 0 saturated heterocycles. The normalized spacial score (nSPS) is 10.6. The van der Waals surface area contributed by atoms with Crippen molar-refractivity contribution in [1.29, 1.82) is 0 Å². The van der Waals surface area contributed by atoms with E-state index in [0.717, 1.165) is 11.5 Å². The Bertz CT molecular complexity index is 912. The second-order valence-corrected chi connectivity index (χ2v) is 5.78. The Hall–Kier alpha value is -3.29. The molecule has 0 unspecified atom stereocenters. The molecule has 0 aliphatic rings. The molecular formula is C17H21N7O. The van der Waals surface area contributed by atoms with Crippen LogP contribution in [0, 0.1) is 13.8 Å². The molecule has 2 amide bonds. The number of nitrogens with one attached hydrogen (secondary N) is 4. The Balaban J connectivity index is 2.03. The number of fused-ring (bicyclic) bond motifs is 1. The van der Waals surface area contributed by atoms with Gasteiger partial charge in [0.05, 0.1) is 6.20 Å². The third-order valence-corrected chi connectivity index (χ3v) is 3.70. The molecule has 0 bridgehead atoms. The van der Waals surface area contributed by atoms with Crippen LogP contribution in [0.15, 0.2) is 30.5 Å². The molecule has 1 aromatic carbocycles. The molecule has 0 atom stereocenters. The van der Waals surface area contributed by atoms with Crippen LogP contribution in [0.2, 0.25) is 0 Å². The molecule has 4 N–H and O–H groups in total. The number of aryl methyl sites for hydroxylation is 2. The lowest BCUT2D eigenvalue weighted by Gasteiger charge is -2.11. The molecule has 3 aromatic rings. The topological polar surface area (TPSA) is 95.4 Å². The summed E-state index contributed by atoms with van der Waals surface area (Å²) >= 11 is 0. The van der Waals surface area contributed by atoms with Crippen LogP contribution >= 0.6 is 0 Å². The first kappa shape index (κ1) is 16.6. The molecule has 8 nitrogen and oxygen atoms in total. The average Bonchev–Trinajstić information content (AvgIpc) is 2.96. The minimum absolute atomic E-state index is 0.324. The number of rotatable bonds is 4. The van der Waals surface area contributed by atoms with Crippen LogP contribution in [-0.4, -0.2) is 34.7 Å². The average molecular weight is 339 g/mol. The van der Waals surface area contributed by atoms with Gasteiger partial charge in [-0.1, -0.05) is 6.07 Å². The lowest BCUT2D eigenvalue weighted by molar-refractivity contribution is 0.254. The van der Waals surface area contributed by atoms with E-state index in [1.165, 1.54) is 11.1 Å². The van der Waals surface area contributed by atoms with Crippen molar-refractivity contribution in [2.75, 3.05) is 30.0 Å². The maximum atomic E-state index is 11.6. The highest BCUT2D eigenvalue weighted by Gasteiger charge is 2.13. The number of amides is 2. The molecule has 2 aromatic heterocycles. The van der Waals surface area contributed by atoms with Crippen molar-refractivity contribution >= 4 is 34.7 Å². The molecule has 0 spiro atoms. The number of urea groups is 1. The van der Waals surface area contributed by atoms with Crippen molar-refractivity contribution in [2.45, 2.75) is 13.8 Å². The van der Waals surface area contributed by atoms with Crippen LogP contribution < -0.4 is 21.3 Å². The summed E-state index contributed by atoms with van der Waals surface area (Å²) in [6, 6.07) is 7.76. The summed E-state index contributed by atoms with van der Waals surface area (Å²) < 4.78 is 1.64. The van der Waals surface area contributed by atoms with Gasteiger partial charge in [-0.3, -0.25) is 0 Å². The van der Waals surface area contributed by atoms with E-state index in [0.29, 0.717) is 17.2 Å². The summed E-state index contributed by atoms with van der Waals surface area (Å²) in [5.41, 5.74) is 4.37. The van der Waals surface area contributed by atoms with Gasteiger partial charge in [-0.15, -0.1) is 0 Å². The SMILES string of the molecule is CNC(=O)Nc1cnn2c(NC)cc(Nc3cc(C)cc(C)c3)nc12. The number of benzene rings is 1. The smallest absolute Gasteiger partial charge is 0.319 e. The van der Waals surface area contributed by atoms with E-state index in [-0.39, 0.29) is 6.03 Å². The highest BCUT2D eigenvalue weighted by molar-refractivity contribution is 5.93. The fourth-order valence-corrected chi connectivity index (χ4v) is 2.67. The highest BCUT2D eigenvalue weighted by Crippen LogP contribution is 2.25. The van der Waals surface area contributed by atoms with E-state index < -0.39 is 0 Å². The number of hydrogen-bond acceptors (Lipinski definition) is 5. The first-order chi connectivity index (χ1) is 12.0. The van der Waals surface area contributed by atoms with Crippen molar-refractivity contribution in [3.63, 3.8) is 0 Å². The van der Waals surface area contributed by atoms with Crippen LogP contribution in [0.25, 0.3) is 5.65 Å². The second kappa shape index (κ2) is 6.68. The molecule has 8 heteroatoms. The molecule has 0 saturated carbocycles. The van der Waals surface area contributed by atoms with Crippen LogP contribution in [-0.2, 0) is 0 Å². The molecule has 0 aliphatic carbocycles. The standard InChI is InChI=1S/C17H21N7O/c1-10-5-11(2)7-12(6-10)21-14-8-15(18-3)24-16(23-14)13(9-20-24)22-17(25)19-4/h5-9,18H,1-4H3,(H,21,23)(H2,19,22,25). The number of aromatic nitrogens is 3. The molecule has 130 valence electrons. The molecule has 25 heavy (non-hydrogen) atoms. The van der Waals surface area contributed by atoms with Crippen molar-refractivity contribution in [2.24, 2.45) is 0 Å². The minimum Gasteiger partial charge on any atom is -0.373 e. The van der Waals surface area contributed by atoms with E-state index >= 15 is 0 Å². The van der Waals surface area contributed by atoms with Crippen LogP contribution in [0.5, 0.6) is 0 Å². The van der Waals surface area contributed by atoms with Gasteiger partial charge in [-0.2, -0.15) is 9.61 Å².